The summed E-state index contributed by atoms with van der Waals surface area (Å²) in [5.74, 6) is -0.249. The lowest BCUT2D eigenvalue weighted by Crippen LogP contribution is -2.47. The number of amides is 2. The standard InChI is InChI=1S/C24H29N5O4S/c1-24(2)20-19(21(30)26-24)34-23(25-20)29-8-9-33-13-16(29)10-15-12-27(3)18-7-6-14(11-17(15)18)22(31)28(4)32-5/h6-7,11-12,16H,8-10,13H2,1-5H3,(H,26,30)/t16-/m0/s1. The molecule has 5 rings (SSSR count). The Balaban J connectivity index is 1.47. The van der Waals surface area contributed by atoms with Crippen LogP contribution in [-0.4, -0.2) is 66.4 Å². The quantitative estimate of drug-likeness (QED) is 0.562. The molecule has 2 aliphatic heterocycles. The van der Waals surface area contributed by atoms with Gasteiger partial charge >= 0.3 is 0 Å². The van der Waals surface area contributed by atoms with Crippen molar-refractivity contribution < 1.29 is 19.2 Å². The summed E-state index contributed by atoms with van der Waals surface area (Å²) in [4.78, 5) is 38.0. The van der Waals surface area contributed by atoms with Gasteiger partial charge in [0.15, 0.2) is 5.13 Å². The van der Waals surface area contributed by atoms with Crippen LogP contribution in [0.2, 0.25) is 0 Å². The molecule has 0 spiro atoms. The molecule has 9 nitrogen and oxygen atoms in total. The van der Waals surface area contributed by atoms with Gasteiger partial charge in [-0.2, -0.15) is 0 Å². The molecule has 34 heavy (non-hydrogen) atoms. The normalized spacial score (nSPS) is 19.4. The van der Waals surface area contributed by atoms with Crippen molar-refractivity contribution >= 4 is 39.2 Å². The highest BCUT2D eigenvalue weighted by atomic mass is 32.1. The number of aromatic nitrogens is 2. The average Bonchev–Trinajstić information content (AvgIpc) is 3.46. The molecule has 0 saturated carbocycles. The molecule has 0 radical (unpaired) electrons. The van der Waals surface area contributed by atoms with Crippen LogP contribution in [-0.2, 0) is 28.6 Å². The van der Waals surface area contributed by atoms with Gasteiger partial charge in [-0.3, -0.25) is 14.4 Å². The van der Waals surface area contributed by atoms with E-state index < -0.39 is 5.54 Å². The molecule has 0 bridgehead atoms. The lowest BCUT2D eigenvalue weighted by Gasteiger charge is -2.35. The number of nitrogens with one attached hydrogen (secondary N) is 1. The Morgan fingerprint density at radius 3 is 2.94 bits per heavy atom. The number of anilines is 1. The van der Waals surface area contributed by atoms with Crippen LogP contribution in [0.3, 0.4) is 0 Å². The maximum Gasteiger partial charge on any atom is 0.277 e. The number of thiazole rings is 1. The van der Waals surface area contributed by atoms with E-state index in [9.17, 15) is 9.59 Å². The molecule has 3 aromatic rings. The van der Waals surface area contributed by atoms with E-state index in [1.807, 2.05) is 39.1 Å². The van der Waals surface area contributed by atoms with Gasteiger partial charge in [0.1, 0.15) is 4.88 Å². The summed E-state index contributed by atoms with van der Waals surface area (Å²) in [5.41, 5.74) is 3.12. The van der Waals surface area contributed by atoms with E-state index in [1.54, 1.807) is 7.05 Å². The van der Waals surface area contributed by atoms with Crippen molar-refractivity contribution in [3.63, 3.8) is 0 Å². The summed E-state index contributed by atoms with van der Waals surface area (Å²) in [6.45, 7) is 5.86. The second-order valence-corrected chi connectivity index (χ2v) is 10.3. The van der Waals surface area contributed by atoms with Crippen LogP contribution in [0.15, 0.2) is 24.4 Å². The highest BCUT2D eigenvalue weighted by Gasteiger charge is 2.40. The Hall–Kier alpha value is -2.95. The number of carbonyl (C=O) groups is 2. The molecule has 1 N–H and O–H groups in total. The summed E-state index contributed by atoms with van der Waals surface area (Å²) in [5, 5.41) is 6.11. The Morgan fingerprint density at radius 2 is 2.21 bits per heavy atom. The summed E-state index contributed by atoms with van der Waals surface area (Å²) < 4.78 is 7.93. The van der Waals surface area contributed by atoms with Crippen molar-refractivity contribution in [1.29, 1.82) is 0 Å². The number of ether oxygens (including phenoxy) is 1. The van der Waals surface area contributed by atoms with Gasteiger partial charge < -0.3 is 19.5 Å². The number of fused-ring (bicyclic) bond motifs is 2. The lowest BCUT2D eigenvalue weighted by atomic mass is 10.0. The average molecular weight is 484 g/mol. The van der Waals surface area contributed by atoms with Gasteiger partial charge in [-0.25, -0.2) is 10.0 Å². The Morgan fingerprint density at radius 1 is 1.41 bits per heavy atom. The van der Waals surface area contributed by atoms with Crippen molar-refractivity contribution in [2.24, 2.45) is 7.05 Å². The molecular weight excluding hydrogens is 454 g/mol. The molecule has 10 heteroatoms. The number of hydrogen-bond acceptors (Lipinski definition) is 7. The number of hydrogen-bond donors (Lipinski definition) is 1. The van der Waals surface area contributed by atoms with E-state index in [0.29, 0.717) is 30.2 Å². The SMILES string of the molecule is CON(C)C(=O)c1ccc2c(c1)c(C[C@H]1COCCN1c1nc3c(s1)C(=O)NC3(C)C)cn2C. The molecule has 1 aromatic carbocycles. The minimum absolute atomic E-state index is 0.0548. The predicted molar refractivity (Wildman–Crippen MR) is 130 cm³/mol. The number of aryl methyl sites for hydroxylation is 1. The zero-order chi connectivity index (χ0) is 24.2. The topological polar surface area (TPSA) is 88.9 Å². The summed E-state index contributed by atoms with van der Waals surface area (Å²) >= 11 is 1.45. The molecule has 180 valence electrons. The highest BCUT2D eigenvalue weighted by molar-refractivity contribution is 7.17. The first kappa shape index (κ1) is 22.8. The van der Waals surface area contributed by atoms with Crippen molar-refractivity contribution in [2.75, 3.05) is 38.8 Å². The van der Waals surface area contributed by atoms with Crippen LogP contribution in [0.5, 0.6) is 0 Å². The minimum Gasteiger partial charge on any atom is -0.377 e. The number of benzene rings is 1. The van der Waals surface area contributed by atoms with Crippen LogP contribution < -0.4 is 10.2 Å². The zero-order valence-electron chi connectivity index (χ0n) is 20.0. The number of rotatable bonds is 5. The van der Waals surface area contributed by atoms with Gasteiger partial charge in [0.2, 0.25) is 0 Å². The minimum atomic E-state index is -0.461. The largest absolute Gasteiger partial charge is 0.377 e. The van der Waals surface area contributed by atoms with Crippen molar-refractivity contribution in [3.8, 4) is 0 Å². The number of morpholine rings is 1. The van der Waals surface area contributed by atoms with Gasteiger partial charge in [0.25, 0.3) is 11.8 Å². The van der Waals surface area contributed by atoms with Crippen molar-refractivity contribution in [2.45, 2.75) is 31.8 Å². The third-order valence-corrected chi connectivity index (χ3v) is 7.74. The third-order valence-electron chi connectivity index (χ3n) is 6.65. The Bertz CT molecular complexity index is 1280. The molecule has 2 aliphatic rings. The molecule has 1 fully saturated rings. The predicted octanol–water partition coefficient (Wildman–Crippen LogP) is 2.69. The smallest absolute Gasteiger partial charge is 0.277 e. The highest BCUT2D eigenvalue weighted by Crippen LogP contribution is 2.38. The lowest BCUT2D eigenvalue weighted by molar-refractivity contribution is -0.0756. The van der Waals surface area contributed by atoms with E-state index >= 15 is 0 Å². The summed E-state index contributed by atoms with van der Waals surface area (Å²) in [6, 6.07) is 5.79. The summed E-state index contributed by atoms with van der Waals surface area (Å²) in [7, 11) is 5.08. The van der Waals surface area contributed by atoms with E-state index in [1.165, 1.54) is 23.5 Å². The molecule has 2 amide bonds. The molecule has 0 aliphatic carbocycles. The number of hydroxylamine groups is 2. The van der Waals surface area contributed by atoms with Crippen LogP contribution >= 0.6 is 11.3 Å². The van der Waals surface area contributed by atoms with E-state index in [-0.39, 0.29) is 17.9 Å². The van der Waals surface area contributed by atoms with Gasteiger partial charge in [-0.05, 0) is 44.0 Å². The second kappa shape index (κ2) is 8.37. The first-order chi connectivity index (χ1) is 16.2. The van der Waals surface area contributed by atoms with Crippen LogP contribution in [0.1, 0.15) is 45.1 Å². The Labute approximate surface area is 202 Å². The fourth-order valence-electron chi connectivity index (χ4n) is 4.77. The first-order valence-corrected chi connectivity index (χ1v) is 12.1. The zero-order valence-corrected chi connectivity index (χ0v) is 20.9. The molecule has 1 saturated heterocycles. The fourth-order valence-corrected chi connectivity index (χ4v) is 5.99. The van der Waals surface area contributed by atoms with Gasteiger partial charge in [0.05, 0.1) is 37.6 Å². The van der Waals surface area contributed by atoms with Gasteiger partial charge in [-0.1, -0.05) is 11.3 Å². The van der Waals surface area contributed by atoms with Crippen LogP contribution in [0.4, 0.5) is 5.13 Å². The van der Waals surface area contributed by atoms with Crippen LogP contribution in [0.25, 0.3) is 10.9 Å². The number of nitrogens with zero attached hydrogens (tertiary/aromatic N) is 4. The second-order valence-electron chi connectivity index (χ2n) is 9.36. The fraction of sp³-hybridized carbons (Fsp3) is 0.458. The first-order valence-electron chi connectivity index (χ1n) is 11.3. The monoisotopic (exact) mass is 483 g/mol. The summed E-state index contributed by atoms with van der Waals surface area (Å²) in [6.07, 6.45) is 2.85. The molecule has 2 aromatic heterocycles. The molecule has 4 heterocycles. The molecule has 0 unspecified atom stereocenters. The molecular formula is C24H29N5O4S. The van der Waals surface area contributed by atoms with E-state index in [2.05, 4.69) is 21.0 Å². The van der Waals surface area contributed by atoms with E-state index in [0.717, 1.165) is 33.7 Å². The van der Waals surface area contributed by atoms with Crippen LogP contribution in [0, 0.1) is 0 Å². The third kappa shape index (κ3) is 3.75. The maximum atomic E-state index is 12.6. The van der Waals surface area contributed by atoms with E-state index in [4.69, 9.17) is 14.6 Å². The Kier molecular flexibility index (Phi) is 5.62. The van der Waals surface area contributed by atoms with Gasteiger partial charge in [-0.15, -0.1) is 0 Å². The molecule has 1 atom stereocenters. The maximum absolute atomic E-state index is 12.6. The number of carbonyl (C=O) groups excluding carboxylic acids is 2. The van der Waals surface area contributed by atoms with Crippen molar-refractivity contribution in [3.05, 3.63) is 46.1 Å². The van der Waals surface area contributed by atoms with Crippen molar-refractivity contribution in [1.82, 2.24) is 19.9 Å². The van der Waals surface area contributed by atoms with Gasteiger partial charge in [0, 0.05) is 43.3 Å².